The summed E-state index contributed by atoms with van der Waals surface area (Å²) < 4.78 is 6.97. The van der Waals surface area contributed by atoms with Crippen molar-refractivity contribution in [1.82, 2.24) is 4.98 Å². The fourth-order valence-corrected chi connectivity index (χ4v) is 4.32. The first-order valence-corrected chi connectivity index (χ1v) is 8.86. The Morgan fingerprint density at radius 3 is 2.91 bits per heavy atom. The molecule has 3 heterocycles. The molecule has 7 heteroatoms. The van der Waals surface area contributed by atoms with Gasteiger partial charge in [-0.05, 0) is 30.7 Å². The number of benzene rings is 1. The number of halogens is 2. The summed E-state index contributed by atoms with van der Waals surface area (Å²) in [6.45, 7) is 0. The first-order chi connectivity index (χ1) is 10.6. The maximum atomic E-state index is 6.11. The molecule has 0 amide bonds. The number of hydrogen-bond donors (Lipinski definition) is 1. The number of nitrogens with two attached hydrogens (primary N) is 1. The number of aliphatic imine (C=N–C) groups is 1. The second-order valence-electron chi connectivity index (χ2n) is 5.15. The van der Waals surface area contributed by atoms with Crippen molar-refractivity contribution in [3.05, 3.63) is 51.2 Å². The van der Waals surface area contributed by atoms with Gasteiger partial charge in [-0.15, -0.1) is 0 Å². The van der Waals surface area contributed by atoms with Gasteiger partial charge in [-0.1, -0.05) is 39.3 Å². The number of amidine groups is 1. The predicted octanol–water partition coefficient (Wildman–Crippen LogP) is 4.30. The SMILES string of the molecule is NC1=NC2(CCS1)c1cc(Br)ccc1Oc1cnc(Cl)cc12. The number of aromatic nitrogens is 1. The van der Waals surface area contributed by atoms with Gasteiger partial charge in [-0.3, -0.25) is 0 Å². The van der Waals surface area contributed by atoms with Crippen LogP contribution in [0.3, 0.4) is 0 Å². The van der Waals surface area contributed by atoms with Crippen LogP contribution in [0.1, 0.15) is 17.5 Å². The van der Waals surface area contributed by atoms with E-state index in [1.807, 2.05) is 24.3 Å². The molecule has 0 aliphatic carbocycles. The summed E-state index contributed by atoms with van der Waals surface area (Å²) in [4.78, 5) is 8.93. The molecule has 2 N–H and O–H groups in total. The van der Waals surface area contributed by atoms with Crippen molar-refractivity contribution in [1.29, 1.82) is 0 Å². The molecule has 0 bridgehead atoms. The Morgan fingerprint density at radius 1 is 1.27 bits per heavy atom. The summed E-state index contributed by atoms with van der Waals surface area (Å²) in [6, 6.07) is 7.75. The molecule has 4 rings (SSSR count). The minimum atomic E-state index is -0.561. The van der Waals surface area contributed by atoms with E-state index in [9.17, 15) is 0 Å². The van der Waals surface area contributed by atoms with Crippen molar-refractivity contribution < 1.29 is 4.74 Å². The number of thioether (sulfide) groups is 1. The molecule has 0 saturated carbocycles. The van der Waals surface area contributed by atoms with Gasteiger partial charge >= 0.3 is 0 Å². The van der Waals surface area contributed by atoms with E-state index < -0.39 is 5.54 Å². The first kappa shape index (κ1) is 14.4. The highest BCUT2D eigenvalue weighted by Gasteiger charge is 2.44. The average molecular weight is 397 g/mol. The third kappa shape index (κ3) is 2.13. The summed E-state index contributed by atoms with van der Waals surface area (Å²) in [6.07, 6.45) is 2.48. The third-order valence-electron chi connectivity index (χ3n) is 3.90. The molecule has 4 nitrogen and oxygen atoms in total. The monoisotopic (exact) mass is 395 g/mol. The van der Waals surface area contributed by atoms with Crippen LogP contribution in [0.4, 0.5) is 0 Å². The fraction of sp³-hybridized carbons (Fsp3) is 0.200. The zero-order valence-corrected chi connectivity index (χ0v) is 14.5. The molecule has 0 fully saturated rings. The Hall–Kier alpha value is -1.24. The maximum Gasteiger partial charge on any atom is 0.155 e. The highest BCUT2D eigenvalue weighted by atomic mass is 79.9. The Morgan fingerprint density at radius 2 is 2.09 bits per heavy atom. The number of hydrogen-bond acceptors (Lipinski definition) is 5. The van der Waals surface area contributed by atoms with Crippen molar-refractivity contribution in [3.63, 3.8) is 0 Å². The standard InChI is InChI=1S/C15H11BrClN3OS/c16-8-1-2-11-9(5-8)15(3-4-22-14(18)20-15)10-6-13(17)19-7-12(10)21-11/h1-2,5-7H,3-4H2,(H2,18,20). The Labute approximate surface area is 145 Å². The van der Waals surface area contributed by atoms with Gasteiger partial charge in [0.1, 0.15) is 16.4 Å². The molecule has 1 spiro atoms. The lowest BCUT2D eigenvalue weighted by Crippen LogP contribution is -2.35. The molecular weight excluding hydrogens is 386 g/mol. The summed E-state index contributed by atoms with van der Waals surface area (Å²) in [5.74, 6) is 2.35. The number of nitrogens with zero attached hydrogens (tertiary/aromatic N) is 2. The molecule has 22 heavy (non-hydrogen) atoms. The molecule has 2 aliphatic rings. The van der Waals surface area contributed by atoms with Crippen LogP contribution in [0.25, 0.3) is 0 Å². The summed E-state index contributed by atoms with van der Waals surface area (Å²) in [5.41, 5.74) is 7.40. The molecule has 1 unspecified atom stereocenters. The van der Waals surface area contributed by atoms with Crippen LogP contribution in [0.2, 0.25) is 5.15 Å². The van der Waals surface area contributed by atoms with Crippen molar-refractivity contribution in [2.24, 2.45) is 10.7 Å². The second kappa shape index (κ2) is 5.15. The smallest absolute Gasteiger partial charge is 0.155 e. The largest absolute Gasteiger partial charge is 0.455 e. The van der Waals surface area contributed by atoms with Gasteiger partial charge in [-0.25, -0.2) is 9.98 Å². The van der Waals surface area contributed by atoms with Gasteiger partial charge in [0.05, 0.1) is 6.20 Å². The minimum absolute atomic E-state index is 0.423. The molecule has 1 aromatic carbocycles. The van der Waals surface area contributed by atoms with Gasteiger partial charge in [-0.2, -0.15) is 0 Å². The normalized spacial score (nSPS) is 22.5. The Bertz CT molecular complexity index is 760. The second-order valence-corrected chi connectivity index (χ2v) is 7.57. The molecule has 2 aliphatic heterocycles. The van der Waals surface area contributed by atoms with Gasteiger partial charge in [0.15, 0.2) is 10.9 Å². The maximum absolute atomic E-state index is 6.11. The fourth-order valence-electron chi connectivity index (χ4n) is 2.97. The van der Waals surface area contributed by atoms with Gasteiger partial charge in [0.2, 0.25) is 0 Å². The van der Waals surface area contributed by atoms with E-state index in [-0.39, 0.29) is 0 Å². The molecule has 1 atom stereocenters. The first-order valence-electron chi connectivity index (χ1n) is 6.70. The van der Waals surface area contributed by atoms with E-state index in [1.54, 1.807) is 18.0 Å². The summed E-state index contributed by atoms with van der Waals surface area (Å²) in [5, 5.41) is 1.00. The lowest BCUT2D eigenvalue weighted by Gasteiger charge is -2.39. The van der Waals surface area contributed by atoms with Crippen LogP contribution in [0.15, 0.2) is 39.9 Å². The summed E-state index contributed by atoms with van der Waals surface area (Å²) in [7, 11) is 0. The lowest BCUT2D eigenvalue weighted by molar-refractivity contribution is 0.389. The molecule has 0 saturated heterocycles. The number of pyridine rings is 1. The highest BCUT2D eigenvalue weighted by Crippen LogP contribution is 2.53. The van der Waals surface area contributed by atoms with Crippen LogP contribution in [-0.4, -0.2) is 15.9 Å². The topological polar surface area (TPSA) is 60.5 Å². The van der Waals surface area contributed by atoms with Crippen molar-refractivity contribution in [2.45, 2.75) is 12.0 Å². The highest BCUT2D eigenvalue weighted by molar-refractivity contribution is 9.10. The molecule has 1 aromatic heterocycles. The van der Waals surface area contributed by atoms with E-state index in [0.717, 1.165) is 33.5 Å². The Kier molecular flexibility index (Phi) is 3.36. The molecular formula is C15H11BrClN3OS. The van der Waals surface area contributed by atoms with Gasteiger partial charge in [0.25, 0.3) is 0 Å². The van der Waals surface area contributed by atoms with E-state index in [2.05, 4.69) is 20.9 Å². The van der Waals surface area contributed by atoms with E-state index in [0.29, 0.717) is 16.1 Å². The van der Waals surface area contributed by atoms with Gasteiger partial charge < -0.3 is 10.5 Å². The van der Waals surface area contributed by atoms with Gasteiger partial charge in [0, 0.05) is 21.4 Å². The average Bonchev–Trinajstić information content (AvgIpc) is 2.49. The van der Waals surface area contributed by atoms with Crippen molar-refractivity contribution in [2.75, 3.05) is 5.75 Å². The third-order valence-corrected chi connectivity index (χ3v) is 5.40. The van der Waals surface area contributed by atoms with Crippen molar-refractivity contribution in [3.8, 4) is 11.5 Å². The van der Waals surface area contributed by atoms with Crippen LogP contribution in [0.5, 0.6) is 11.5 Å². The molecule has 112 valence electrons. The zero-order valence-electron chi connectivity index (χ0n) is 11.3. The minimum Gasteiger partial charge on any atom is -0.455 e. The van der Waals surface area contributed by atoms with Crippen LogP contribution < -0.4 is 10.5 Å². The number of fused-ring (bicyclic) bond motifs is 4. The van der Waals surface area contributed by atoms with E-state index >= 15 is 0 Å². The predicted molar refractivity (Wildman–Crippen MR) is 92.9 cm³/mol. The van der Waals surface area contributed by atoms with E-state index in [4.69, 9.17) is 27.1 Å². The van der Waals surface area contributed by atoms with Crippen LogP contribution in [0, 0.1) is 0 Å². The van der Waals surface area contributed by atoms with Crippen LogP contribution >= 0.6 is 39.3 Å². The summed E-state index contributed by atoms with van der Waals surface area (Å²) >= 11 is 11.2. The zero-order chi connectivity index (χ0) is 15.3. The number of ether oxygens (including phenoxy) is 1. The molecule has 2 aromatic rings. The van der Waals surface area contributed by atoms with Crippen molar-refractivity contribution >= 4 is 44.5 Å². The Balaban J connectivity index is 2.05. The number of rotatable bonds is 0. The van der Waals surface area contributed by atoms with Crippen LogP contribution in [-0.2, 0) is 5.54 Å². The van der Waals surface area contributed by atoms with E-state index in [1.165, 1.54) is 0 Å². The molecule has 0 radical (unpaired) electrons. The quantitative estimate of drug-likeness (QED) is 0.675. The lowest BCUT2D eigenvalue weighted by atomic mass is 9.79.